The molecule has 0 saturated carbocycles. The second-order valence-electron chi connectivity index (χ2n) is 2.55. The van der Waals surface area contributed by atoms with E-state index in [0.717, 1.165) is 0 Å². The molecule has 0 aliphatic carbocycles. The average molecular weight is 177 g/mol. The van der Waals surface area contributed by atoms with Gasteiger partial charge in [-0.1, -0.05) is 0 Å². The van der Waals surface area contributed by atoms with Gasteiger partial charge in [0.2, 0.25) is 0 Å². The molecule has 0 fully saturated rings. The number of benzene rings is 1. The molecular weight excluding hydrogens is 174 g/mol. The van der Waals surface area contributed by atoms with E-state index in [1.807, 2.05) is 0 Å². The van der Waals surface area contributed by atoms with E-state index in [2.05, 4.69) is 30.4 Å². The summed E-state index contributed by atoms with van der Waals surface area (Å²) in [5, 5.41) is 26.7. The summed E-state index contributed by atoms with van der Waals surface area (Å²) in [4.78, 5) is 0. The standard InChI is InChI=1S/C6H3N5O2/c12-3-1-2-4(8-11-7-2)6-5(3)9-13-10-6/h1,12H,(H,7,8,11). The Morgan fingerprint density at radius 2 is 2.00 bits per heavy atom. The highest BCUT2D eigenvalue weighted by Crippen LogP contribution is 2.27. The topological polar surface area (TPSA) is 101 Å². The first-order valence-corrected chi connectivity index (χ1v) is 3.51. The molecule has 64 valence electrons. The minimum atomic E-state index is -0.0161. The zero-order valence-corrected chi connectivity index (χ0v) is 6.22. The molecule has 0 aliphatic heterocycles. The maximum absolute atomic E-state index is 9.43. The van der Waals surface area contributed by atoms with Gasteiger partial charge in [-0.25, -0.2) is 4.63 Å². The van der Waals surface area contributed by atoms with Gasteiger partial charge in [-0.3, -0.25) is 0 Å². The number of nitrogens with zero attached hydrogens (tertiary/aromatic N) is 4. The lowest BCUT2D eigenvalue weighted by molar-refractivity contribution is 0.314. The highest BCUT2D eigenvalue weighted by Gasteiger charge is 2.13. The minimum Gasteiger partial charge on any atom is -0.505 e. The van der Waals surface area contributed by atoms with E-state index in [9.17, 15) is 5.11 Å². The number of nitrogens with one attached hydrogen (secondary N) is 1. The van der Waals surface area contributed by atoms with E-state index in [1.165, 1.54) is 6.07 Å². The Balaban J connectivity index is 2.70. The second-order valence-corrected chi connectivity index (χ2v) is 2.55. The first kappa shape index (κ1) is 6.35. The molecule has 0 aliphatic rings. The number of aromatic nitrogens is 5. The van der Waals surface area contributed by atoms with Gasteiger partial charge in [-0.2, -0.15) is 15.4 Å². The summed E-state index contributed by atoms with van der Waals surface area (Å²) in [7, 11) is 0. The Kier molecular flexibility index (Phi) is 0.950. The van der Waals surface area contributed by atoms with Crippen LogP contribution < -0.4 is 0 Å². The van der Waals surface area contributed by atoms with Crippen LogP contribution in [0.15, 0.2) is 10.7 Å². The third-order valence-corrected chi connectivity index (χ3v) is 1.80. The maximum atomic E-state index is 9.43. The lowest BCUT2D eigenvalue weighted by Crippen LogP contribution is -1.75. The highest BCUT2D eigenvalue weighted by atomic mass is 16.6. The average Bonchev–Trinajstić information content (AvgIpc) is 2.66. The summed E-state index contributed by atoms with van der Waals surface area (Å²) in [5.74, 6) is -0.0161. The maximum Gasteiger partial charge on any atom is 0.179 e. The fraction of sp³-hybridized carbons (Fsp3) is 0. The number of aromatic hydroxyl groups is 1. The molecule has 13 heavy (non-hydrogen) atoms. The largest absolute Gasteiger partial charge is 0.505 e. The van der Waals surface area contributed by atoms with Gasteiger partial charge < -0.3 is 5.11 Å². The van der Waals surface area contributed by atoms with Crippen molar-refractivity contribution in [3.05, 3.63) is 6.07 Å². The molecule has 0 bridgehead atoms. The van der Waals surface area contributed by atoms with Gasteiger partial charge in [0.25, 0.3) is 0 Å². The van der Waals surface area contributed by atoms with Gasteiger partial charge in [-0.15, -0.1) is 0 Å². The first-order valence-electron chi connectivity index (χ1n) is 3.51. The van der Waals surface area contributed by atoms with Gasteiger partial charge >= 0.3 is 0 Å². The molecule has 2 heterocycles. The number of hydrogen-bond acceptors (Lipinski definition) is 6. The van der Waals surface area contributed by atoms with Gasteiger partial charge in [0, 0.05) is 6.07 Å². The van der Waals surface area contributed by atoms with Gasteiger partial charge in [0.05, 0.1) is 0 Å². The molecule has 2 N–H and O–H groups in total. The Bertz CT molecular complexity index is 583. The van der Waals surface area contributed by atoms with Crippen molar-refractivity contribution in [1.82, 2.24) is 25.7 Å². The van der Waals surface area contributed by atoms with Crippen LogP contribution >= 0.6 is 0 Å². The molecule has 7 heteroatoms. The molecule has 2 aromatic heterocycles. The van der Waals surface area contributed by atoms with Crippen LogP contribution in [0.2, 0.25) is 0 Å². The molecule has 0 radical (unpaired) electrons. The van der Waals surface area contributed by atoms with Crippen molar-refractivity contribution < 1.29 is 9.74 Å². The van der Waals surface area contributed by atoms with E-state index in [1.54, 1.807) is 0 Å². The van der Waals surface area contributed by atoms with Crippen molar-refractivity contribution in [3.8, 4) is 5.75 Å². The molecule has 7 nitrogen and oxygen atoms in total. The first-order chi connectivity index (χ1) is 6.36. The van der Waals surface area contributed by atoms with Gasteiger partial charge in [-0.05, 0) is 10.3 Å². The number of phenolic OH excluding ortho intramolecular Hbond substituents is 1. The normalized spacial score (nSPS) is 11.4. The summed E-state index contributed by atoms with van der Waals surface area (Å²) in [6.07, 6.45) is 0. The molecule has 0 unspecified atom stereocenters. The summed E-state index contributed by atoms with van der Waals surface area (Å²) in [6, 6.07) is 1.45. The quantitative estimate of drug-likeness (QED) is 0.508. The van der Waals surface area contributed by atoms with Gasteiger partial charge in [0.15, 0.2) is 11.0 Å². The predicted molar refractivity (Wildman–Crippen MR) is 40.9 cm³/mol. The van der Waals surface area contributed by atoms with Crippen LogP contribution in [0.5, 0.6) is 5.75 Å². The number of H-pyrrole nitrogens is 1. The third kappa shape index (κ3) is 0.675. The fourth-order valence-corrected chi connectivity index (χ4v) is 1.22. The van der Waals surface area contributed by atoms with Crippen LogP contribution in [0.1, 0.15) is 0 Å². The lowest BCUT2D eigenvalue weighted by Gasteiger charge is -1.89. The van der Waals surface area contributed by atoms with E-state index < -0.39 is 0 Å². The Morgan fingerprint density at radius 1 is 1.15 bits per heavy atom. The van der Waals surface area contributed by atoms with Crippen LogP contribution in [0, 0.1) is 0 Å². The van der Waals surface area contributed by atoms with Crippen molar-refractivity contribution in [1.29, 1.82) is 0 Å². The zero-order valence-electron chi connectivity index (χ0n) is 6.22. The van der Waals surface area contributed by atoms with Crippen molar-refractivity contribution in [3.63, 3.8) is 0 Å². The molecule has 0 spiro atoms. The number of aromatic amines is 1. The molecule has 3 rings (SSSR count). The zero-order chi connectivity index (χ0) is 8.84. The van der Waals surface area contributed by atoms with Crippen LogP contribution in [0.25, 0.3) is 22.1 Å². The Morgan fingerprint density at radius 3 is 2.92 bits per heavy atom. The minimum absolute atomic E-state index is 0.0161. The number of phenols is 1. The summed E-state index contributed by atoms with van der Waals surface area (Å²) in [6.45, 7) is 0. The SMILES string of the molecule is Oc1cc2n[nH]nc2c2nonc12. The van der Waals surface area contributed by atoms with E-state index in [-0.39, 0.29) is 5.75 Å². The smallest absolute Gasteiger partial charge is 0.179 e. The monoisotopic (exact) mass is 177 g/mol. The van der Waals surface area contributed by atoms with Crippen molar-refractivity contribution in [2.45, 2.75) is 0 Å². The van der Waals surface area contributed by atoms with E-state index >= 15 is 0 Å². The van der Waals surface area contributed by atoms with Crippen molar-refractivity contribution in [2.24, 2.45) is 0 Å². The van der Waals surface area contributed by atoms with Gasteiger partial charge in [0.1, 0.15) is 16.8 Å². The Labute approximate surface area is 70.3 Å². The number of fused-ring (bicyclic) bond motifs is 3. The number of hydrogen-bond donors (Lipinski definition) is 2. The van der Waals surface area contributed by atoms with E-state index in [4.69, 9.17) is 0 Å². The molecule has 1 aromatic carbocycles. The molecule has 0 atom stereocenters. The van der Waals surface area contributed by atoms with Crippen LogP contribution in [0.4, 0.5) is 0 Å². The van der Waals surface area contributed by atoms with E-state index in [0.29, 0.717) is 22.1 Å². The fourth-order valence-electron chi connectivity index (χ4n) is 1.22. The molecular formula is C6H3N5O2. The lowest BCUT2D eigenvalue weighted by atomic mass is 10.2. The number of rotatable bonds is 0. The second kappa shape index (κ2) is 1.94. The van der Waals surface area contributed by atoms with Crippen molar-refractivity contribution >= 4 is 22.1 Å². The highest BCUT2D eigenvalue weighted by molar-refractivity contribution is 6.02. The van der Waals surface area contributed by atoms with Crippen molar-refractivity contribution in [2.75, 3.05) is 0 Å². The molecule has 0 amide bonds. The summed E-state index contributed by atoms with van der Waals surface area (Å²) >= 11 is 0. The van der Waals surface area contributed by atoms with Crippen LogP contribution in [-0.4, -0.2) is 30.8 Å². The summed E-state index contributed by atoms with van der Waals surface area (Å²) in [5.41, 5.74) is 1.76. The molecule has 0 saturated heterocycles. The van der Waals surface area contributed by atoms with Crippen LogP contribution in [-0.2, 0) is 0 Å². The predicted octanol–water partition coefficient (Wildman–Crippen LogP) is 0.200. The van der Waals surface area contributed by atoms with Crippen LogP contribution in [0.3, 0.4) is 0 Å². The third-order valence-electron chi connectivity index (χ3n) is 1.80. The molecule has 3 aromatic rings. The Hall–Kier alpha value is -2.18. The summed E-state index contributed by atoms with van der Waals surface area (Å²) < 4.78 is 4.48.